The van der Waals surface area contributed by atoms with Crippen LogP contribution in [0.5, 0.6) is 5.75 Å². The molecule has 1 aromatic carbocycles. The molecule has 0 bridgehead atoms. The Bertz CT molecular complexity index is 390. The van der Waals surface area contributed by atoms with Crippen LogP contribution in [-0.2, 0) is 0 Å². The van der Waals surface area contributed by atoms with Gasteiger partial charge in [-0.3, -0.25) is 0 Å². The summed E-state index contributed by atoms with van der Waals surface area (Å²) in [6, 6.07) is 3.94. The van der Waals surface area contributed by atoms with Gasteiger partial charge in [-0.25, -0.2) is 8.78 Å². The lowest BCUT2D eigenvalue weighted by Crippen LogP contribution is -2.32. The summed E-state index contributed by atoms with van der Waals surface area (Å²) in [4.78, 5) is 0. The van der Waals surface area contributed by atoms with Gasteiger partial charge in [0.15, 0.2) is 11.6 Å². The highest BCUT2D eigenvalue weighted by Crippen LogP contribution is 2.18. The molecule has 0 spiro atoms. The van der Waals surface area contributed by atoms with Crippen molar-refractivity contribution >= 4 is 0 Å². The van der Waals surface area contributed by atoms with E-state index in [9.17, 15) is 8.78 Å². The predicted octanol–water partition coefficient (Wildman–Crippen LogP) is 3.66. The summed E-state index contributed by atoms with van der Waals surface area (Å²) in [5, 5.41) is 3.44. The van der Waals surface area contributed by atoms with Crippen molar-refractivity contribution < 1.29 is 13.5 Å². The van der Waals surface area contributed by atoms with Gasteiger partial charge in [0, 0.05) is 18.7 Å². The molecule has 19 heavy (non-hydrogen) atoms. The third kappa shape index (κ3) is 4.78. The molecule has 1 aliphatic carbocycles. The number of hydrogen-bond acceptors (Lipinski definition) is 2. The topological polar surface area (TPSA) is 21.3 Å². The number of benzene rings is 1. The van der Waals surface area contributed by atoms with Gasteiger partial charge >= 0.3 is 0 Å². The molecule has 2 rings (SSSR count). The summed E-state index contributed by atoms with van der Waals surface area (Å²) in [6.07, 6.45) is 7.65. The first kappa shape index (κ1) is 14.3. The van der Waals surface area contributed by atoms with E-state index < -0.39 is 11.6 Å². The van der Waals surface area contributed by atoms with E-state index in [0.717, 1.165) is 6.07 Å². The third-order valence-electron chi connectivity index (χ3n) is 3.54. The van der Waals surface area contributed by atoms with Gasteiger partial charge in [0.2, 0.25) is 0 Å². The van der Waals surface area contributed by atoms with Crippen molar-refractivity contribution in [3.8, 4) is 5.75 Å². The second kappa shape index (κ2) is 7.43. The Hall–Kier alpha value is -1.16. The van der Waals surface area contributed by atoms with Crippen LogP contribution in [0.3, 0.4) is 0 Å². The molecule has 0 unspecified atom stereocenters. The van der Waals surface area contributed by atoms with E-state index >= 15 is 0 Å². The fourth-order valence-corrected chi connectivity index (χ4v) is 2.50. The number of nitrogens with one attached hydrogen (secondary N) is 1. The summed E-state index contributed by atoms with van der Waals surface area (Å²) in [6.45, 7) is 1.10. The molecule has 4 heteroatoms. The van der Waals surface area contributed by atoms with Crippen molar-refractivity contribution in [2.24, 2.45) is 0 Å². The molecule has 0 heterocycles. The van der Waals surface area contributed by atoms with E-state index in [1.165, 1.54) is 50.7 Å². The van der Waals surface area contributed by atoms with Crippen molar-refractivity contribution in [2.75, 3.05) is 13.2 Å². The quantitative estimate of drug-likeness (QED) is 0.650. The molecule has 0 amide bonds. The molecule has 0 aromatic heterocycles. The summed E-state index contributed by atoms with van der Waals surface area (Å²) in [7, 11) is 0. The van der Waals surface area contributed by atoms with Crippen LogP contribution >= 0.6 is 0 Å². The standard InChI is InChI=1S/C15H21F2NO/c16-12-7-8-15(14(17)11-12)19-10-9-18-13-5-3-1-2-4-6-13/h7-8,11,13,18H,1-6,9-10H2. The molecule has 1 N–H and O–H groups in total. The van der Waals surface area contributed by atoms with Gasteiger partial charge < -0.3 is 10.1 Å². The highest BCUT2D eigenvalue weighted by atomic mass is 19.1. The number of rotatable bonds is 5. The molecule has 0 radical (unpaired) electrons. The zero-order valence-corrected chi connectivity index (χ0v) is 11.1. The Morgan fingerprint density at radius 1 is 1.11 bits per heavy atom. The molecule has 1 fully saturated rings. The van der Waals surface area contributed by atoms with Crippen molar-refractivity contribution in [3.63, 3.8) is 0 Å². The van der Waals surface area contributed by atoms with Crippen molar-refractivity contribution in [1.29, 1.82) is 0 Å². The Morgan fingerprint density at radius 2 is 1.84 bits per heavy atom. The summed E-state index contributed by atoms with van der Waals surface area (Å²) < 4.78 is 31.3. The number of halogens is 2. The largest absolute Gasteiger partial charge is 0.489 e. The molecule has 0 atom stereocenters. The first-order valence-corrected chi connectivity index (χ1v) is 7.07. The van der Waals surface area contributed by atoms with E-state index in [0.29, 0.717) is 19.2 Å². The van der Waals surface area contributed by atoms with E-state index in [4.69, 9.17) is 4.74 Å². The Labute approximate surface area is 113 Å². The third-order valence-corrected chi connectivity index (χ3v) is 3.54. The maximum atomic E-state index is 13.3. The fraction of sp³-hybridized carbons (Fsp3) is 0.600. The molecule has 1 aromatic rings. The number of hydrogen-bond donors (Lipinski definition) is 1. The summed E-state index contributed by atoms with van der Waals surface area (Å²) in [5.41, 5.74) is 0. The van der Waals surface area contributed by atoms with E-state index in [1.807, 2.05) is 0 Å². The smallest absolute Gasteiger partial charge is 0.167 e. The lowest BCUT2D eigenvalue weighted by Gasteiger charge is -2.16. The van der Waals surface area contributed by atoms with Gasteiger partial charge in [0.25, 0.3) is 0 Å². The minimum absolute atomic E-state index is 0.115. The highest BCUT2D eigenvalue weighted by Gasteiger charge is 2.11. The molecule has 1 saturated carbocycles. The van der Waals surface area contributed by atoms with Crippen LogP contribution in [0.1, 0.15) is 38.5 Å². The molecule has 0 aliphatic heterocycles. The van der Waals surface area contributed by atoms with E-state index in [2.05, 4.69) is 5.32 Å². The van der Waals surface area contributed by atoms with Crippen LogP contribution in [-0.4, -0.2) is 19.2 Å². The molecule has 2 nitrogen and oxygen atoms in total. The highest BCUT2D eigenvalue weighted by molar-refractivity contribution is 5.24. The zero-order valence-electron chi connectivity index (χ0n) is 11.1. The van der Waals surface area contributed by atoms with E-state index in [-0.39, 0.29) is 5.75 Å². The molecular formula is C15H21F2NO. The summed E-state index contributed by atoms with van der Waals surface area (Å²) in [5.74, 6) is -1.11. The first-order valence-electron chi connectivity index (χ1n) is 7.07. The normalized spacial score (nSPS) is 17.2. The first-order chi connectivity index (χ1) is 9.25. The molecule has 1 aliphatic rings. The van der Waals surface area contributed by atoms with Gasteiger partial charge in [-0.1, -0.05) is 25.7 Å². The maximum Gasteiger partial charge on any atom is 0.167 e. The van der Waals surface area contributed by atoms with Gasteiger partial charge in [0.1, 0.15) is 12.4 Å². The van der Waals surface area contributed by atoms with Gasteiger partial charge in [-0.2, -0.15) is 0 Å². The van der Waals surface area contributed by atoms with Crippen molar-refractivity contribution in [2.45, 2.75) is 44.6 Å². The minimum atomic E-state index is -0.644. The molecule has 106 valence electrons. The zero-order chi connectivity index (χ0) is 13.5. The van der Waals surface area contributed by atoms with Crippen LogP contribution < -0.4 is 10.1 Å². The fourth-order valence-electron chi connectivity index (χ4n) is 2.50. The van der Waals surface area contributed by atoms with Crippen LogP contribution in [0.2, 0.25) is 0 Å². The lowest BCUT2D eigenvalue weighted by molar-refractivity contribution is 0.286. The second-order valence-electron chi connectivity index (χ2n) is 5.07. The monoisotopic (exact) mass is 269 g/mol. The SMILES string of the molecule is Fc1ccc(OCCNC2CCCCCC2)c(F)c1. The second-order valence-corrected chi connectivity index (χ2v) is 5.07. The van der Waals surface area contributed by atoms with E-state index in [1.54, 1.807) is 0 Å². The van der Waals surface area contributed by atoms with Gasteiger partial charge in [0.05, 0.1) is 0 Å². The summed E-state index contributed by atoms with van der Waals surface area (Å²) >= 11 is 0. The van der Waals surface area contributed by atoms with Gasteiger partial charge in [-0.05, 0) is 25.0 Å². The van der Waals surface area contributed by atoms with Crippen molar-refractivity contribution in [3.05, 3.63) is 29.8 Å². The average Bonchev–Trinajstić information content (AvgIpc) is 2.65. The van der Waals surface area contributed by atoms with Crippen LogP contribution in [0.4, 0.5) is 8.78 Å². The minimum Gasteiger partial charge on any atom is -0.489 e. The van der Waals surface area contributed by atoms with Crippen molar-refractivity contribution in [1.82, 2.24) is 5.32 Å². The average molecular weight is 269 g/mol. The van der Waals surface area contributed by atoms with Gasteiger partial charge in [-0.15, -0.1) is 0 Å². The predicted molar refractivity (Wildman–Crippen MR) is 71.3 cm³/mol. The Morgan fingerprint density at radius 3 is 2.53 bits per heavy atom. The van der Waals surface area contributed by atoms with Crippen LogP contribution in [0.15, 0.2) is 18.2 Å². The Kier molecular flexibility index (Phi) is 5.58. The lowest BCUT2D eigenvalue weighted by atomic mass is 10.1. The van der Waals surface area contributed by atoms with Crippen LogP contribution in [0, 0.1) is 11.6 Å². The van der Waals surface area contributed by atoms with Crippen LogP contribution in [0.25, 0.3) is 0 Å². The number of ether oxygens (including phenoxy) is 1. The molecular weight excluding hydrogens is 248 g/mol. The maximum absolute atomic E-state index is 13.3. The Balaban J connectivity index is 1.68. The molecule has 0 saturated heterocycles.